The van der Waals surface area contributed by atoms with Crippen LogP contribution in [0.3, 0.4) is 0 Å². The van der Waals surface area contributed by atoms with E-state index in [9.17, 15) is 9.90 Å². The van der Waals surface area contributed by atoms with Crippen LogP contribution in [0.5, 0.6) is 11.5 Å². The van der Waals surface area contributed by atoms with Gasteiger partial charge in [0.1, 0.15) is 17.4 Å². The average Bonchev–Trinajstić information content (AvgIpc) is 2.37. The predicted molar refractivity (Wildman–Crippen MR) is 71.9 cm³/mol. The van der Waals surface area contributed by atoms with Gasteiger partial charge >= 0.3 is 5.97 Å². The molecule has 0 fully saturated rings. The van der Waals surface area contributed by atoms with Gasteiger partial charge in [0.05, 0.1) is 0 Å². The molecule has 96 valence electrons. The number of rotatable bonds is 1. The monoisotopic (exact) mass is 254 g/mol. The minimum absolute atomic E-state index is 0.654. The van der Waals surface area contributed by atoms with Gasteiger partial charge in [0.2, 0.25) is 0 Å². The lowest BCUT2D eigenvalue weighted by Crippen LogP contribution is -2.19. The van der Waals surface area contributed by atoms with Crippen molar-refractivity contribution in [3.05, 3.63) is 58.7 Å². The van der Waals surface area contributed by atoms with Crippen molar-refractivity contribution in [2.45, 2.75) is 19.8 Å². The van der Waals surface area contributed by atoms with Gasteiger partial charge in [-0.2, -0.15) is 0 Å². The Kier molecular flexibility index (Phi) is 2.56. The van der Waals surface area contributed by atoms with Crippen molar-refractivity contribution in [1.82, 2.24) is 0 Å². The average molecular weight is 254 g/mol. The van der Waals surface area contributed by atoms with Crippen LogP contribution in [0.4, 0.5) is 0 Å². The van der Waals surface area contributed by atoms with Crippen molar-refractivity contribution in [3.8, 4) is 11.5 Å². The van der Waals surface area contributed by atoms with Crippen molar-refractivity contribution in [3.63, 3.8) is 0 Å². The number of para-hydroxylation sites is 2. The van der Waals surface area contributed by atoms with Crippen LogP contribution in [-0.4, -0.2) is 11.1 Å². The Hall–Kier alpha value is -2.29. The first-order chi connectivity index (χ1) is 9.09. The fraction of sp³-hybridized carbons (Fsp3) is 0.188. The third-order valence-electron chi connectivity index (χ3n) is 3.56. The quantitative estimate of drug-likeness (QED) is 0.845. The molecule has 0 radical (unpaired) electrons. The number of benzene rings is 2. The molecule has 3 nitrogen and oxygen atoms in total. The normalized spacial score (nSPS) is 13.4. The molecule has 3 rings (SSSR count). The summed E-state index contributed by atoms with van der Waals surface area (Å²) in [6.45, 7) is 3.86. The van der Waals surface area contributed by atoms with Gasteiger partial charge in [0.15, 0.2) is 0 Å². The summed E-state index contributed by atoms with van der Waals surface area (Å²) in [5.74, 6) is -0.144. The van der Waals surface area contributed by atoms with Crippen LogP contribution in [0.15, 0.2) is 36.4 Å². The smallest absolute Gasteiger partial charge is 0.315 e. The third kappa shape index (κ3) is 1.70. The highest BCUT2D eigenvalue weighted by Crippen LogP contribution is 2.46. The zero-order valence-electron chi connectivity index (χ0n) is 10.8. The van der Waals surface area contributed by atoms with Crippen LogP contribution < -0.4 is 4.74 Å². The summed E-state index contributed by atoms with van der Waals surface area (Å²) in [5.41, 5.74) is 3.37. The van der Waals surface area contributed by atoms with Gasteiger partial charge in [-0.15, -0.1) is 0 Å². The molecule has 2 aromatic rings. The van der Waals surface area contributed by atoms with Crippen LogP contribution in [0.25, 0.3) is 0 Å². The molecular weight excluding hydrogens is 240 g/mol. The molecule has 0 bridgehead atoms. The Morgan fingerprint density at radius 2 is 1.47 bits per heavy atom. The highest BCUT2D eigenvalue weighted by molar-refractivity contribution is 5.84. The first-order valence-corrected chi connectivity index (χ1v) is 6.19. The molecule has 0 aromatic heterocycles. The zero-order chi connectivity index (χ0) is 13.6. The Labute approximate surface area is 111 Å². The molecule has 0 saturated carbocycles. The maximum atomic E-state index is 11.6. The lowest BCUT2D eigenvalue weighted by atomic mass is 9.86. The van der Waals surface area contributed by atoms with Crippen molar-refractivity contribution in [2.24, 2.45) is 0 Å². The molecule has 2 aromatic carbocycles. The number of hydrogen-bond donors (Lipinski definition) is 1. The van der Waals surface area contributed by atoms with Crippen LogP contribution in [0.2, 0.25) is 0 Å². The number of carboxylic acid groups (broad SMARTS) is 1. The standard InChI is InChI=1S/C16H14O3/c1-9-5-3-7-11-13(16(17)18)12-8-4-6-10(2)15(12)19-14(9)11/h3-8,13H,1-2H3,(H,17,18). The number of aliphatic carboxylic acids is 1. The van der Waals surface area contributed by atoms with Gasteiger partial charge in [-0.25, -0.2) is 0 Å². The minimum atomic E-state index is -0.845. The van der Waals surface area contributed by atoms with Crippen LogP contribution in [0.1, 0.15) is 28.2 Å². The van der Waals surface area contributed by atoms with E-state index in [4.69, 9.17) is 4.74 Å². The largest absolute Gasteiger partial charge is 0.481 e. The Morgan fingerprint density at radius 3 is 1.89 bits per heavy atom. The van der Waals surface area contributed by atoms with E-state index in [0.717, 1.165) is 22.3 Å². The van der Waals surface area contributed by atoms with E-state index < -0.39 is 11.9 Å². The maximum absolute atomic E-state index is 11.6. The molecule has 3 heteroatoms. The maximum Gasteiger partial charge on any atom is 0.315 e. The number of carboxylic acids is 1. The summed E-state index contributed by atoms with van der Waals surface area (Å²) in [7, 11) is 0. The summed E-state index contributed by atoms with van der Waals surface area (Å²) in [4.78, 5) is 11.6. The summed E-state index contributed by atoms with van der Waals surface area (Å²) in [6, 6.07) is 11.3. The number of aryl methyl sites for hydroxylation is 2. The summed E-state index contributed by atoms with van der Waals surface area (Å²) >= 11 is 0. The topological polar surface area (TPSA) is 46.5 Å². The van der Waals surface area contributed by atoms with Crippen molar-refractivity contribution >= 4 is 5.97 Å². The second kappa shape index (κ2) is 4.12. The Bertz CT molecular complexity index is 622. The number of hydrogen-bond acceptors (Lipinski definition) is 2. The van der Waals surface area contributed by atoms with Gasteiger partial charge in [0.25, 0.3) is 0 Å². The molecule has 1 heterocycles. The van der Waals surface area contributed by atoms with Crippen molar-refractivity contribution in [2.75, 3.05) is 0 Å². The number of ether oxygens (including phenoxy) is 1. The Balaban J connectivity index is 2.30. The molecule has 1 aliphatic rings. The first-order valence-electron chi connectivity index (χ1n) is 6.19. The fourth-order valence-corrected chi connectivity index (χ4v) is 2.62. The highest BCUT2D eigenvalue weighted by Gasteiger charge is 2.33. The van der Waals surface area contributed by atoms with E-state index in [1.165, 1.54) is 0 Å². The molecule has 0 saturated heterocycles. The second-order valence-corrected chi connectivity index (χ2v) is 4.86. The molecule has 0 amide bonds. The van der Waals surface area contributed by atoms with Gasteiger partial charge < -0.3 is 9.84 Å². The Morgan fingerprint density at radius 1 is 1.00 bits per heavy atom. The zero-order valence-corrected chi connectivity index (χ0v) is 10.8. The molecular formula is C16H14O3. The molecule has 0 spiro atoms. The lowest BCUT2D eigenvalue weighted by Gasteiger charge is -2.27. The second-order valence-electron chi connectivity index (χ2n) is 4.86. The summed E-state index contributed by atoms with van der Waals surface area (Å²) < 4.78 is 5.96. The predicted octanol–water partition coefficient (Wildman–Crippen LogP) is 3.63. The van der Waals surface area contributed by atoms with E-state index in [-0.39, 0.29) is 0 Å². The summed E-state index contributed by atoms with van der Waals surface area (Å²) in [6.07, 6.45) is 0. The van der Waals surface area contributed by atoms with Gasteiger partial charge in [-0.1, -0.05) is 36.4 Å². The van der Waals surface area contributed by atoms with Crippen molar-refractivity contribution in [1.29, 1.82) is 0 Å². The number of fused-ring (bicyclic) bond motifs is 2. The first kappa shape index (κ1) is 11.8. The lowest BCUT2D eigenvalue weighted by molar-refractivity contribution is -0.137. The minimum Gasteiger partial charge on any atom is -0.481 e. The van der Waals surface area contributed by atoms with Gasteiger partial charge in [-0.05, 0) is 25.0 Å². The van der Waals surface area contributed by atoms with Crippen LogP contribution in [-0.2, 0) is 4.79 Å². The van der Waals surface area contributed by atoms with Crippen LogP contribution >= 0.6 is 0 Å². The molecule has 0 atom stereocenters. The summed E-state index contributed by atoms with van der Waals surface area (Å²) in [5, 5.41) is 9.56. The van der Waals surface area contributed by atoms with Crippen LogP contribution in [0, 0.1) is 13.8 Å². The fourth-order valence-electron chi connectivity index (χ4n) is 2.62. The molecule has 1 N–H and O–H groups in total. The highest BCUT2D eigenvalue weighted by atomic mass is 16.5. The molecule has 0 aliphatic carbocycles. The van der Waals surface area contributed by atoms with E-state index in [1.54, 1.807) is 0 Å². The van der Waals surface area contributed by atoms with E-state index in [0.29, 0.717) is 11.5 Å². The molecule has 0 unspecified atom stereocenters. The van der Waals surface area contributed by atoms with E-state index in [2.05, 4.69) is 0 Å². The van der Waals surface area contributed by atoms with Gasteiger partial charge in [-0.3, -0.25) is 4.79 Å². The van der Waals surface area contributed by atoms with Gasteiger partial charge in [0, 0.05) is 11.1 Å². The van der Waals surface area contributed by atoms with E-state index >= 15 is 0 Å². The molecule has 1 aliphatic heterocycles. The van der Waals surface area contributed by atoms with E-state index in [1.807, 2.05) is 50.2 Å². The third-order valence-corrected chi connectivity index (χ3v) is 3.56. The SMILES string of the molecule is Cc1cccc2c1Oc1c(C)cccc1C2C(=O)O. The molecule has 19 heavy (non-hydrogen) atoms. The number of carbonyl (C=O) groups is 1. The van der Waals surface area contributed by atoms with Crippen molar-refractivity contribution < 1.29 is 14.6 Å².